The number of rotatable bonds is 4. The number of nitrogens with one attached hydrogen (secondary N) is 1. The Balaban J connectivity index is 2.06. The summed E-state index contributed by atoms with van der Waals surface area (Å²) in [6.45, 7) is 0.555. The number of carbonyl (C=O) groups excluding carboxylic acids is 1. The monoisotopic (exact) mass is 247 g/mol. The van der Waals surface area contributed by atoms with Crippen LogP contribution in [0.4, 0.5) is 5.82 Å². The minimum atomic E-state index is 0.0932. The van der Waals surface area contributed by atoms with Gasteiger partial charge in [-0.25, -0.2) is 9.97 Å². The van der Waals surface area contributed by atoms with Crippen LogP contribution >= 0.6 is 0 Å². The second kappa shape index (κ2) is 5.03. The summed E-state index contributed by atoms with van der Waals surface area (Å²) in [6, 6.07) is 1.92. The molecule has 18 heavy (non-hydrogen) atoms. The van der Waals surface area contributed by atoms with Gasteiger partial charge in [0.2, 0.25) is 5.91 Å². The Hall–Kier alpha value is -2.11. The van der Waals surface area contributed by atoms with Crippen molar-refractivity contribution in [3.8, 4) is 0 Å². The average Bonchev–Trinajstić information content (AvgIpc) is 2.72. The van der Waals surface area contributed by atoms with E-state index >= 15 is 0 Å². The molecule has 1 N–H and O–H groups in total. The number of anilines is 1. The van der Waals surface area contributed by atoms with E-state index < -0.39 is 0 Å². The number of carbonyl (C=O) groups is 1. The third-order valence-electron chi connectivity index (χ3n) is 2.77. The van der Waals surface area contributed by atoms with E-state index in [0.717, 1.165) is 16.9 Å². The van der Waals surface area contributed by atoms with Gasteiger partial charge in [0, 0.05) is 40.3 Å². The van der Waals surface area contributed by atoms with Crippen LogP contribution in [0.2, 0.25) is 0 Å². The molecular weight excluding hydrogens is 230 g/mol. The molecule has 0 aliphatic heterocycles. The van der Waals surface area contributed by atoms with Gasteiger partial charge in [-0.15, -0.1) is 0 Å². The summed E-state index contributed by atoms with van der Waals surface area (Å²) >= 11 is 0. The number of hydrogen-bond donors (Lipinski definition) is 1. The molecule has 0 radical (unpaired) electrons. The zero-order valence-corrected chi connectivity index (χ0v) is 10.8. The van der Waals surface area contributed by atoms with Gasteiger partial charge < -0.3 is 14.8 Å². The van der Waals surface area contributed by atoms with Crippen molar-refractivity contribution in [2.75, 3.05) is 26.0 Å². The first-order valence-corrected chi connectivity index (χ1v) is 5.79. The Morgan fingerprint density at radius 2 is 2.22 bits per heavy atom. The van der Waals surface area contributed by atoms with Crippen molar-refractivity contribution in [2.45, 2.75) is 6.42 Å². The number of hydrogen-bond acceptors (Lipinski definition) is 4. The molecule has 0 aromatic carbocycles. The van der Waals surface area contributed by atoms with Gasteiger partial charge in [0.05, 0.1) is 11.8 Å². The van der Waals surface area contributed by atoms with Gasteiger partial charge in [-0.1, -0.05) is 0 Å². The second-order valence-corrected chi connectivity index (χ2v) is 4.35. The minimum Gasteiger partial charge on any atom is -0.368 e. The van der Waals surface area contributed by atoms with Crippen molar-refractivity contribution >= 4 is 22.8 Å². The molecule has 6 nitrogen and oxygen atoms in total. The molecule has 0 spiro atoms. The molecular formula is C12H17N5O. The smallest absolute Gasteiger partial charge is 0.223 e. The zero-order valence-electron chi connectivity index (χ0n) is 10.8. The van der Waals surface area contributed by atoms with Gasteiger partial charge in [-0.2, -0.15) is 0 Å². The zero-order chi connectivity index (χ0) is 13.1. The van der Waals surface area contributed by atoms with Crippen molar-refractivity contribution in [1.82, 2.24) is 19.4 Å². The fourth-order valence-electron chi connectivity index (χ4n) is 1.70. The van der Waals surface area contributed by atoms with Crippen molar-refractivity contribution in [1.29, 1.82) is 0 Å². The quantitative estimate of drug-likeness (QED) is 0.870. The Kier molecular flexibility index (Phi) is 3.45. The fourth-order valence-corrected chi connectivity index (χ4v) is 1.70. The molecule has 1 amide bonds. The van der Waals surface area contributed by atoms with E-state index in [1.165, 1.54) is 0 Å². The molecule has 0 saturated carbocycles. The second-order valence-electron chi connectivity index (χ2n) is 4.35. The number of pyridine rings is 1. The molecule has 0 atom stereocenters. The first kappa shape index (κ1) is 12.3. The van der Waals surface area contributed by atoms with Crippen LogP contribution in [0.3, 0.4) is 0 Å². The van der Waals surface area contributed by atoms with Gasteiger partial charge in [0.25, 0.3) is 0 Å². The fraction of sp³-hybridized carbons (Fsp3) is 0.417. The van der Waals surface area contributed by atoms with E-state index in [1.54, 1.807) is 31.5 Å². The van der Waals surface area contributed by atoms with Crippen LogP contribution in [0, 0.1) is 0 Å². The molecule has 96 valence electrons. The predicted octanol–water partition coefficient (Wildman–Crippen LogP) is 0.858. The highest BCUT2D eigenvalue weighted by atomic mass is 16.2. The van der Waals surface area contributed by atoms with Crippen molar-refractivity contribution in [2.24, 2.45) is 7.05 Å². The summed E-state index contributed by atoms with van der Waals surface area (Å²) < 4.78 is 1.94. The van der Waals surface area contributed by atoms with Gasteiger partial charge >= 0.3 is 0 Å². The standard InChI is InChI=1S/C12H17N5O/c1-16(2)10(18)5-7-14-12-11-9(4-6-13-12)17(3)8-15-11/h4,6,8H,5,7H2,1-3H3,(H,13,14). The van der Waals surface area contributed by atoms with Crippen LogP contribution in [-0.2, 0) is 11.8 Å². The normalized spacial score (nSPS) is 10.6. The van der Waals surface area contributed by atoms with Crippen molar-refractivity contribution in [3.63, 3.8) is 0 Å². The lowest BCUT2D eigenvalue weighted by Gasteiger charge is -2.10. The summed E-state index contributed by atoms with van der Waals surface area (Å²) in [7, 11) is 5.44. The predicted molar refractivity (Wildman–Crippen MR) is 70.3 cm³/mol. The highest BCUT2D eigenvalue weighted by Crippen LogP contribution is 2.18. The van der Waals surface area contributed by atoms with Gasteiger partial charge in [-0.05, 0) is 6.07 Å². The maximum Gasteiger partial charge on any atom is 0.223 e. The maximum atomic E-state index is 11.4. The van der Waals surface area contributed by atoms with Crippen LogP contribution in [0.25, 0.3) is 11.0 Å². The Labute approximate surface area is 106 Å². The number of amides is 1. The molecule has 6 heteroatoms. The third-order valence-corrected chi connectivity index (χ3v) is 2.77. The first-order chi connectivity index (χ1) is 8.59. The number of aryl methyl sites for hydroxylation is 1. The molecule has 0 fully saturated rings. The lowest BCUT2D eigenvalue weighted by molar-refractivity contribution is -0.128. The van der Waals surface area contributed by atoms with E-state index in [4.69, 9.17) is 0 Å². The molecule has 0 aliphatic rings. The number of imidazole rings is 1. The molecule has 2 rings (SSSR count). The SMILES string of the molecule is CN(C)C(=O)CCNc1nccc2c1ncn2C. The molecule has 0 aliphatic carbocycles. The number of aromatic nitrogens is 3. The lowest BCUT2D eigenvalue weighted by Crippen LogP contribution is -2.24. The van der Waals surface area contributed by atoms with E-state index in [-0.39, 0.29) is 5.91 Å². The Bertz CT molecular complexity index is 561. The topological polar surface area (TPSA) is 63.1 Å². The van der Waals surface area contributed by atoms with Gasteiger partial charge in [-0.3, -0.25) is 4.79 Å². The van der Waals surface area contributed by atoms with E-state index in [1.807, 2.05) is 17.7 Å². The molecule has 0 saturated heterocycles. The largest absolute Gasteiger partial charge is 0.368 e. The Morgan fingerprint density at radius 3 is 2.94 bits per heavy atom. The number of nitrogens with zero attached hydrogens (tertiary/aromatic N) is 4. The summed E-state index contributed by atoms with van der Waals surface area (Å²) in [4.78, 5) is 21.6. The number of fused-ring (bicyclic) bond motifs is 1. The highest BCUT2D eigenvalue weighted by Gasteiger charge is 2.07. The van der Waals surface area contributed by atoms with Crippen molar-refractivity contribution < 1.29 is 4.79 Å². The third kappa shape index (κ3) is 2.42. The van der Waals surface area contributed by atoms with E-state index in [2.05, 4.69) is 15.3 Å². The summed E-state index contributed by atoms with van der Waals surface area (Å²) in [5.74, 6) is 0.815. The van der Waals surface area contributed by atoms with Crippen LogP contribution in [0.5, 0.6) is 0 Å². The molecule has 0 bridgehead atoms. The van der Waals surface area contributed by atoms with Crippen LogP contribution in [0.15, 0.2) is 18.6 Å². The van der Waals surface area contributed by atoms with Crippen LogP contribution in [-0.4, -0.2) is 46.0 Å². The van der Waals surface area contributed by atoms with Gasteiger partial charge in [0.15, 0.2) is 5.82 Å². The molecule has 2 aromatic heterocycles. The lowest BCUT2D eigenvalue weighted by atomic mass is 10.3. The summed E-state index contributed by atoms with van der Waals surface area (Å²) in [6.07, 6.45) is 3.93. The van der Waals surface area contributed by atoms with E-state index in [9.17, 15) is 4.79 Å². The Morgan fingerprint density at radius 1 is 1.44 bits per heavy atom. The van der Waals surface area contributed by atoms with Crippen LogP contribution < -0.4 is 5.32 Å². The molecule has 0 unspecified atom stereocenters. The minimum absolute atomic E-state index is 0.0932. The summed E-state index contributed by atoms with van der Waals surface area (Å²) in [5, 5.41) is 3.15. The maximum absolute atomic E-state index is 11.4. The van der Waals surface area contributed by atoms with Crippen molar-refractivity contribution in [3.05, 3.63) is 18.6 Å². The van der Waals surface area contributed by atoms with Crippen LogP contribution in [0.1, 0.15) is 6.42 Å². The van der Waals surface area contributed by atoms with E-state index in [0.29, 0.717) is 13.0 Å². The average molecular weight is 247 g/mol. The first-order valence-electron chi connectivity index (χ1n) is 5.79. The molecule has 2 aromatic rings. The highest BCUT2D eigenvalue weighted by molar-refractivity contribution is 5.86. The van der Waals surface area contributed by atoms with Gasteiger partial charge in [0.1, 0.15) is 5.52 Å². The molecule has 2 heterocycles. The summed E-state index contributed by atoms with van der Waals surface area (Å²) in [5.41, 5.74) is 1.85.